The Balaban J connectivity index is 2.08. The number of aliphatic hydroxyl groups is 4. The fourth-order valence-electron chi connectivity index (χ4n) is 1.74. The molecule has 20 heavy (non-hydrogen) atoms. The molecule has 0 aliphatic carbocycles. The summed E-state index contributed by atoms with van der Waals surface area (Å²) in [4.78, 5) is 14.9. The van der Waals surface area contributed by atoms with Gasteiger partial charge in [0, 0.05) is 6.92 Å². The highest BCUT2D eigenvalue weighted by Gasteiger charge is 2.44. The van der Waals surface area contributed by atoms with Crippen molar-refractivity contribution in [1.82, 2.24) is 4.98 Å². The first-order chi connectivity index (χ1) is 9.43. The maximum Gasteiger partial charge on any atom is 0.258 e. The zero-order valence-corrected chi connectivity index (χ0v) is 11.4. The van der Waals surface area contributed by atoms with E-state index in [2.05, 4.69) is 4.98 Å². The summed E-state index contributed by atoms with van der Waals surface area (Å²) >= 11 is 0.851. The Morgan fingerprint density at radius 2 is 2.05 bits per heavy atom. The summed E-state index contributed by atoms with van der Waals surface area (Å²) in [5, 5.41) is 38.2. The molecule has 1 saturated heterocycles. The second-order valence-electron chi connectivity index (χ2n) is 4.36. The van der Waals surface area contributed by atoms with Crippen LogP contribution in [0.4, 0.5) is 0 Å². The summed E-state index contributed by atoms with van der Waals surface area (Å²) < 4.78 is 10.4. The fraction of sp³-hybridized carbons (Fsp3) is 0.636. The molecule has 8 nitrogen and oxygen atoms in total. The van der Waals surface area contributed by atoms with Crippen molar-refractivity contribution in [2.75, 3.05) is 6.61 Å². The molecule has 0 bridgehead atoms. The SMILES string of the molecule is CC(=O)c1cnc(SC2OC(CO)C(O)C(O)C2O)o1. The van der Waals surface area contributed by atoms with Crippen LogP contribution in [0, 0.1) is 0 Å². The van der Waals surface area contributed by atoms with Gasteiger partial charge in [-0.2, -0.15) is 0 Å². The molecule has 0 radical (unpaired) electrons. The smallest absolute Gasteiger partial charge is 0.258 e. The molecule has 1 aromatic rings. The molecule has 0 saturated carbocycles. The number of thioether (sulfide) groups is 1. The van der Waals surface area contributed by atoms with Crippen LogP contribution in [0.25, 0.3) is 0 Å². The van der Waals surface area contributed by atoms with Crippen molar-refractivity contribution in [2.45, 2.75) is 42.0 Å². The van der Waals surface area contributed by atoms with Crippen LogP contribution in [0.1, 0.15) is 17.5 Å². The molecule has 2 heterocycles. The van der Waals surface area contributed by atoms with Gasteiger partial charge >= 0.3 is 0 Å². The van der Waals surface area contributed by atoms with E-state index >= 15 is 0 Å². The van der Waals surface area contributed by atoms with E-state index in [9.17, 15) is 20.1 Å². The second-order valence-corrected chi connectivity index (χ2v) is 5.41. The zero-order valence-electron chi connectivity index (χ0n) is 10.5. The number of rotatable bonds is 4. The lowest BCUT2D eigenvalue weighted by Gasteiger charge is -2.39. The zero-order chi connectivity index (χ0) is 14.9. The van der Waals surface area contributed by atoms with E-state index < -0.39 is 36.5 Å². The Labute approximate surface area is 118 Å². The minimum atomic E-state index is -1.46. The third-order valence-corrected chi connectivity index (χ3v) is 3.91. The van der Waals surface area contributed by atoms with Crippen LogP contribution >= 0.6 is 11.8 Å². The predicted octanol–water partition coefficient (Wildman–Crippen LogP) is -1.23. The van der Waals surface area contributed by atoms with E-state index in [0.29, 0.717) is 0 Å². The van der Waals surface area contributed by atoms with Crippen LogP contribution in [0.5, 0.6) is 0 Å². The molecule has 5 unspecified atom stereocenters. The number of aromatic nitrogens is 1. The van der Waals surface area contributed by atoms with Crippen LogP contribution in [0.15, 0.2) is 15.8 Å². The van der Waals surface area contributed by atoms with Crippen LogP contribution in [0.3, 0.4) is 0 Å². The molecule has 0 amide bonds. The van der Waals surface area contributed by atoms with Gasteiger partial charge in [0.1, 0.15) is 29.9 Å². The van der Waals surface area contributed by atoms with Crippen molar-refractivity contribution in [3.63, 3.8) is 0 Å². The van der Waals surface area contributed by atoms with Crippen LogP contribution in [0.2, 0.25) is 0 Å². The first kappa shape index (κ1) is 15.4. The molecule has 9 heteroatoms. The normalized spacial score (nSPS) is 34.1. The lowest BCUT2D eigenvalue weighted by atomic mass is 10.0. The van der Waals surface area contributed by atoms with E-state index in [-0.39, 0.29) is 16.8 Å². The standard InChI is InChI=1S/C11H15NO7S/c1-4(14)5-2-12-11(19-5)20-10-9(17)8(16)7(15)6(3-13)18-10/h2,6-10,13,15-17H,3H2,1H3. The number of carbonyl (C=O) groups excluding carboxylic acids is 1. The van der Waals surface area contributed by atoms with Crippen molar-refractivity contribution in [2.24, 2.45) is 0 Å². The highest BCUT2D eigenvalue weighted by molar-refractivity contribution is 7.99. The van der Waals surface area contributed by atoms with Crippen LogP contribution in [-0.2, 0) is 4.74 Å². The highest BCUT2D eigenvalue weighted by Crippen LogP contribution is 2.32. The number of ketones is 1. The Morgan fingerprint density at radius 3 is 2.60 bits per heavy atom. The summed E-state index contributed by atoms with van der Waals surface area (Å²) in [6, 6.07) is 0. The van der Waals surface area contributed by atoms with Crippen molar-refractivity contribution >= 4 is 17.5 Å². The van der Waals surface area contributed by atoms with Gasteiger partial charge in [-0.1, -0.05) is 0 Å². The Hall–Kier alpha value is -0.970. The summed E-state index contributed by atoms with van der Waals surface area (Å²) in [6.07, 6.45) is -4.00. The molecule has 5 atom stereocenters. The van der Waals surface area contributed by atoms with Gasteiger partial charge in [-0.15, -0.1) is 0 Å². The summed E-state index contributed by atoms with van der Waals surface area (Å²) in [7, 11) is 0. The first-order valence-electron chi connectivity index (χ1n) is 5.88. The van der Waals surface area contributed by atoms with Gasteiger partial charge in [-0.05, 0) is 11.8 Å². The predicted molar refractivity (Wildman–Crippen MR) is 66.1 cm³/mol. The minimum absolute atomic E-state index is 0.0668. The van der Waals surface area contributed by atoms with Gasteiger partial charge in [-0.25, -0.2) is 4.98 Å². The average molecular weight is 305 g/mol. The molecule has 1 fully saturated rings. The molecule has 4 N–H and O–H groups in total. The maximum absolute atomic E-state index is 11.1. The third-order valence-electron chi connectivity index (χ3n) is 2.90. The van der Waals surface area contributed by atoms with Crippen molar-refractivity contribution in [3.05, 3.63) is 12.0 Å². The number of ether oxygens (including phenoxy) is 1. The topological polar surface area (TPSA) is 133 Å². The third kappa shape index (κ3) is 3.03. The van der Waals surface area contributed by atoms with Gasteiger partial charge in [0.15, 0.2) is 11.5 Å². The molecule has 0 aromatic carbocycles. The summed E-state index contributed by atoms with van der Waals surface area (Å²) in [5.74, 6) is -0.227. The van der Waals surface area contributed by atoms with Crippen molar-refractivity contribution in [1.29, 1.82) is 0 Å². The van der Waals surface area contributed by atoms with E-state index in [4.69, 9.17) is 14.3 Å². The van der Waals surface area contributed by atoms with Crippen molar-refractivity contribution in [3.8, 4) is 0 Å². The molecule has 1 aromatic heterocycles. The quantitative estimate of drug-likeness (QED) is 0.504. The van der Waals surface area contributed by atoms with Gasteiger partial charge in [0.05, 0.1) is 12.8 Å². The van der Waals surface area contributed by atoms with Gasteiger partial charge in [0.2, 0.25) is 0 Å². The number of hydrogen-bond acceptors (Lipinski definition) is 9. The van der Waals surface area contributed by atoms with Gasteiger partial charge in [-0.3, -0.25) is 4.79 Å². The minimum Gasteiger partial charge on any atom is -0.428 e. The lowest BCUT2D eigenvalue weighted by molar-refractivity contribution is -0.205. The summed E-state index contributed by atoms with van der Waals surface area (Å²) in [6.45, 7) is 0.815. The Bertz CT molecular complexity index is 477. The molecule has 2 rings (SSSR count). The van der Waals surface area contributed by atoms with E-state index in [1.54, 1.807) is 0 Å². The summed E-state index contributed by atoms with van der Waals surface area (Å²) in [5.41, 5.74) is -0.982. The molecule has 112 valence electrons. The fourth-order valence-corrected chi connectivity index (χ4v) is 2.69. The van der Waals surface area contributed by atoms with E-state index in [1.807, 2.05) is 0 Å². The lowest BCUT2D eigenvalue weighted by Crippen LogP contribution is -2.57. The number of nitrogens with zero attached hydrogens (tertiary/aromatic N) is 1. The maximum atomic E-state index is 11.1. The highest BCUT2D eigenvalue weighted by atomic mass is 32.2. The van der Waals surface area contributed by atoms with Crippen molar-refractivity contribution < 1.29 is 34.4 Å². The average Bonchev–Trinajstić information content (AvgIpc) is 2.88. The molecular formula is C11H15NO7S. The largest absolute Gasteiger partial charge is 0.428 e. The molecular weight excluding hydrogens is 290 g/mol. The van der Waals surface area contributed by atoms with Gasteiger partial charge in [0.25, 0.3) is 5.22 Å². The number of carbonyl (C=O) groups is 1. The second kappa shape index (κ2) is 6.20. The number of hydrogen-bond donors (Lipinski definition) is 4. The van der Waals surface area contributed by atoms with E-state index in [0.717, 1.165) is 11.8 Å². The Morgan fingerprint density at radius 1 is 1.35 bits per heavy atom. The number of aliphatic hydroxyl groups excluding tert-OH is 4. The van der Waals surface area contributed by atoms with Crippen LogP contribution < -0.4 is 0 Å². The molecule has 0 spiro atoms. The number of Topliss-reactive ketones (excluding diaryl/α,β-unsaturated/α-hetero) is 1. The molecule has 1 aliphatic rings. The van der Waals surface area contributed by atoms with Crippen LogP contribution in [-0.4, -0.2) is 67.7 Å². The van der Waals surface area contributed by atoms with E-state index in [1.165, 1.54) is 13.1 Å². The van der Waals surface area contributed by atoms with Gasteiger partial charge < -0.3 is 29.6 Å². The number of oxazole rings is 1. The Kier molecular flexibility index (Phi) is 4.78. The monoisotopic (exact) mass is 305 g/mol. The first-order valence-corrected chi connectivity index (χ1v) is 6.76. The molecule has 1 aliphatic heterocycles.